The molecule has 0 radical (unpaired) electrons. The Bertz CT molecular complexity index is 1230. The fourth-order valence-corrected chi connectivity index (χ4v) is 4.15. The lowest BCUT2D eigenvalue weighted by Crippen LogP contribution is -2.52. The molecule has 1 saturated heterocycles. The zero-order valence-corrected chi connectivity index (χ0v) is 20.5. The van der Waals surface area contributed by atoms with Gasteiger partial charge in [-0.25, -0.2) is 4.79 Å². The smallest absolute Gasteiger partial charge is 0.331 e. The Kier molecular flexibility index (Phi) is 7.95. The molecular formula is C28H30N4O4. The van der Waals surface area contributed by atoms with Crippen LogP contribution in [0, 0.1) is 0 Å². The van der Waals surface area contributed by atoms with Gasteiger partial charge in [0.15, 0.2) is 6.10 Å². The molecule has 1 atom stereocenters. The van der Waals surface area contributed by atoms with Crippen LogP contribution >= 0.6 is 0 Å². The van der Waals surface area contributed by atoms with Crippen LogP contribution in [-0.4, -0.2) is 69.6 Å². The summed E-state index contributed by atoms with van der Waals surface area (Å²) in [7, 11) is 0. The molecule has 0 N–H and O–H groups in total. The van der Waals surface area contributed by atoms with E-state index in [1.807, 2.05) is 71.5 Å². The molecule has 1 aromatic heterocycles. The number of hydrogen-bond acceptors (Lipinski definition) is 5. The third-order valence-electron chi connectivity index (χ3n) is 6.10. The molecule has 8 nitrogen and oxygen atoms in total. The number of piperazine rings is 1. The first-order valence-electron chi connectivity index (χ1n) is 12.0. The topological polar surface area (TPSA) is 84.7 Å². The van der Waals surface area contributed by atoms with Crippen molar-refractivity contribution in [1.29, 1.82) is 0 Å². The molecule has 2 amide bonds. The number of esters is 1. The van der Waals surface area contributed by atoms with E-state index >= 15 is 0 Å². The van der Waals surface area contributed by atoms with Crippen LogP contribution < -0.4 is 0 Å². The molecule has 4 rings (SSSR count). The van der Waals surface area contributed by atoms with E-state index in [1.54, 1.807) is 22.8 Å². The van der Waals surface area contributed by atoms with Gasteiger partial charge in [-0.15, -0.1) is 0 Å². The van der Waals surface area contributed by atoms with Gasteiger partial charge < -0.3 is 14.5 Å². The van der Waals surface area contributed by atoms with Crippen LogP contribution in [0.1, 0.15) is 25.0 Å². The van der Waals surface area contributed by atoms with Gasteiger partial charge in [-0.3, -0.25) is 14.3 Å². The second-order valence-electron chi connectivity index (χ2n) is 8.73. The number of benzene rings is 2. The van der Waals surface area contributed by atoms with Gasteiger partial charge in [-0.1, -0.05) is 60.7 Å². The number of rotatable bonds is 7. The lowest BCUT2D eigenvalue weighted by molar-refractivity contribution is -0.156. The molecule has 0 saturated carbocycles. The van der Waals surface area contributed by atoms with E-state index in [9.17, 15) is 14.4 Å². The third-order valence-corrected chi connectivity index (χ3v) is 6.10. The molecule has 0 bridgehead atoms. The normalized spacial score (nSPS) is 14.6. The number of amides is 2. The summed E-state index contributed by atoms with van der Waals surface area (Å²) in [5.41, 5.74) is 3.58. The quantitative estimate of drug-likeness (QED) is 0.378. The average Bonchev–Trinajstić information content (AvgIpc) is 3.30. The van der Waals surface area contributed by atoms with Gasteiger partial charge in [-0.2, -0.15) is 5.10 Å². The molecule has 2 aromatic carbocycles. The van der Waals surface area contributed by atoms with E-state index in [0.29, 0.717) is 32.7 Å². The first kappa shape index (κ1) is 24.9. The molecule has 2 heterocycles. The average molecular weight is 487 g/mol. The highest BCUT2D eigenvalue weighted by atomic mass is 16.5. The van der Waals surface area contributed by atoms with Crippen molar-refractivity contribution in [3.05, 3.63) is 84.1 Å². The van der Waals surface area contributed by atoms with Gasteiger partial charge in [0.25, 0.3) is 5.91 Å². The Morgan fingerprint density at radius 3 is 2.19 bits per heavy atom. The Morgan fingerprint density at radius 2 is 1.56 bits per heavy atom. The predicted molar refractivity (Wildman–Crippen MR) is 137 cm³/mol. The number of aromatic nitrogens is 2. The summed E-state index contributed by atoms with van der Waals surface area (Å²) in [6.07, 6.45) is 3.97. The number of ether oxygens (including phenoxy) is 1. The minimum atomic E-state index is -0.916. The predicted octanol–water partition coefficient (Wildman–Crippen LogP) is 3.23. The minimum absolute atomic E-state index is 0.00586. The van der Waals surface area contributed by atoms with Crippen LogP contribution in [0.5, 0.6) is 0 Å². The van der Waals surface area contributed by atoms with Crippen molar-refractivity contribution >= 4 is 23.9 Å². The number of carbonyl (C=O) groups excluding carboxylic acids is 3. The Labute approximate surface area is 210 Å². The molecule has 36 heavy (non-hydrogen) atoms. The maximum atomic E-state index is 12.7. The first-order valence-corrected chi connectivity index (χ1v) is 12.0. The van der Waals surface area contributed by atoms with Crippen molar-refractivity contribution in [2.24, 2.45) is 0 Å². The summed E-state index contributed by atoms with van der Waals surface area (Å²) in [6.45, 7) is 5.50. The van der Waals surface area contributed by atoms with Gasteiger partial charge in [-0.05, 0) is 18.6 Å². The molecule has 0 aliphatic carbocycles. The highest BCUT2D eigenvalue weighted by molar-refractivity contribution is 5.91. The maximum Gasteiger partial charge on any atom is 0.331 e. The van der Waals surface area contributed by atoms with Crippen LogP contribution in [-0.2, 0) is 25.7 Å². The van der Waals surface area contributed by atoms with Gasteiger partial charge >= 0.3 is 5.97 Å². The molecule has 8 heteroatoms. The molecule has 186 valence electrons. The van der Waals surface area contributed by atoms with E-state index in [4.69, 9.17) is 9.84 Å². The first-order chi connectivity index (χ1) is 17.4. The van der Waals surface area contributed by atoms with Crippen LogP contribution in [0.25, 0.3) is 17.3 Å². The maximum absolute atomic E-state index is 12.7. The van der Waals surface area contributed by atoms with Crippen molar-refractivity contribution in [1.82, 2.24) is 19.6 Å². The second kappa shape index (κ2) is 11.5. The van der Waals surface area contributed by atoms with E-state index < -0.39 is 12.1 Å². The van der Waals surface area contributed by atoms with Gasteiger partial charge in [0.2, 0.25) is 5.91 Å². The van der Waals surface area contributed by atoms with E-state index in [1.165, 1.54) is 13.0 Å². The summed E-state index contributed by atoms with van der Waals surface area (Å²) in [6, 6.07) is 19.8. The zero-order chi connectivity index (χ0) is 25.5. The highest BCUT2D eigenvalue weighted by Crippen LogP contribution is 2.23. The SMILES string of the molecule is CC(=O)N1CCN(C(=O)C(C)OC(=O)/C=C/c2cn(Cc3ccccc3)nc2-c2ccccc2)CC1. The Hall–Kier alpha value is -4.20. The third kappa shape index (κ3) is 6.27. The fraction of sp³-hybridized carbons (Fsp3) is 0.286. The molecule has 1 fully saturated rings. The summed E-state index contributed by atoms with van der Waals surface area (Å²) in [5, 5.41) is 4.75. The van der Waals surface area contributed by atoms with Gasteiger partial charge in [0.1, 0.15) is 0 Å². The van der Waals surface area contributed by atoms with Crippen molar-refractivity contribution < 1.29 is 19.1 Å². The molecule has 1 unspecified atom stereocenters. The van der Waals surface area contributed by atoms with E-state index in [2.05, 4.69) is 0 Å². The van der Waals surface area contributed by atoms with Crippen molar-refractivity contribution in [2.45, 2.75) is 26.5 Å². The van der Waals surface area contributed by atoms with Crippen LogP contribution in [0.2, 0.25) is 0 Å². The van der Waals surface area contributed by atoms with Gasteiger partial charge in [0, 0.05) is 56.5 Å². The zero-order valence-electron chi connectivity index (χ0n) is 20.5. The van der Waals surface area contributed by atoms with Crippen LogP contribution in [0.15, 0.2) is 72.9 Å². The van der Waals surface area contributed by atoms with Crippen molar-refractivity contribution in [3.63, 3.8) is 0 Å². The van der Waals surface area contributed by atoms with Crippen LogP contribution in [0.3, 0.4) is 0 Å². The molecule has 1 aliphatic rings. The molecule has 3 aromatic rings. The van der Waals surface area contributed by atoms with Gasteiger partial charge in [0.05, 0.1) is 12.2 Å². The Balaban J connectivity index is 1.43. The molecule has 0 spiro atoms. The van der Waals surface area contributed by atoms with Crippen molar-refractivity contribution in [2.75, 3.05) is 26.2 Å². The summed E-state index contributed by atoms with van der Waals surface area (Å²) >= 11 is 0. The Morgan fingerprint density at radius 1 is 0.944 bits per heavy atom. The lowest BCUT2D eigenvalue weighted by Gasteiger charge is -2.35. The number of nitrogens with zero attached hydrogens (tertiary/aromatic N) is 4. The fourth-order valence-electron chi connectivity index (χ4n) is 4.15. The highest BCUT2D eigenvalue weighted by Gasteiger charge is 2.27. The molecule has 1 aliphatic heterocycles. The van der Waals surface area contributed by atoms with E-state index in [0.717, 1.165) is 22.4 Å². The molecular weight excluding hydrogens is 456 g/mol. The monoisotopic (exact) mass is 486 g/mol. The van der Waals surface area contributed by atoms with E-state index in [-0.39, 0.29) is 11.8 Å². The van der Waals surface area contributed by atoms with Crippen molar-refractivity contribution in [3.8, 4) is 11.3 Å². The summed E-state index contributed by atoms with van der Waals surface area (Å²) < 4.78 is 7.23. The second-order valence-corrected chi connectivity index (χ2v) is 8.73. The van der Waals surface area contributed by atoms with Crippen LogP contribution in [0.4, 0.5) is 0 Å². The largest absolute Gasteiger partial charge is 0.449 e. The number of hydrogen-bond donors (Lipinski definition) is 0. The number of carbonyl (C=O) groups is 3. The summed E-state index contributed by atoms with van der Waals surface area (Å²) in [4.78, 5) is 40.1. The summed E-state index contributed by atoms with van der Waals surface area (Å²) in [5.74, 6) is -0.873. The standard InChI is InChI=1S/C28H30N4O4/c1-21(28(35)31-17-15-30(16-18-31)22(2)33)36-26(34)14-13-25-20-32(19-23-9-5-3-6-10-23)29-27(25)24-11-7-4-8-12-24/h3-14,20-21H,15-19H2,1-2H3/b14-13+. The lowest BCUT2D eigenvalue weighted by atomic mass is 10.1. The minimum Gasteiger partial charge on any atom is -0.449 e.